The number of amides is 1. The second-order valence-electron chi connectivity index (χ2n) is 6.99. The van der Waals surface area contributed by atoms with E-state index in [2.05, 4.69) is 10.0 Å². The van der Waals surface area contributed by atoms with E-state index in [-0.39, 0.29) is 16.7 Å². The van der Waals surface area contributed by atoms with Crippen molar-refractivity contribution in [3.8, 4) is 11.5 Å². The highest BCUT2D eigenvalue weighted by Crippen LogP contribution is 2.32. The molecule has 1 aliphatic heterocycles. The molecular weight excluding hydrogens is 380 g/mol. The van der Waals surface area contributed by atoms with Crippen molar-refractivity contribution in [1.82, 2.24) is 0 Å². The molecule has 0 atom stereocenters. The molecule has 8 heteroatoms. The summed E-state index contributed by atoms with van der Waals surface area (Å²) in [7, 11) is -3.78. The number of rotatable bonds is 6. The maximum atomic E-state index is 12.7. The zero-order valence-corrected chi connectivity index (χ0v) is 16.7. The van der Waals surface area contributed by atoms with Crippen molar-refractivity contribution in [2.45, 2.75) is 31.6 Å². The minimum absolute atomic E-state index is 0.0736. The minimum Gasteiger partial charge on any atom is -0.490 e. The van der Waals surface area contributed by atoms with Gasteiger partial charge in [-0.3, -0.25) is 9.52 Å². The number of fused-ring (bicyclic) bond motifs is 1. The van der Waals surface area contributed by atoms with Crippen LogP contribution in [0.25, 0.3) is 0 Å². The molecule has 1 heterocycles. The summed E-state index contributed by atoms with van der Waals surface area (Å²) >= 11 is 0. The van der Waals surface area contributed by atoms with Crippen molar-refractivity contribution < 1.29 is 22.7 Å². The summed E-state index contributed by atoms with van der Waals surface area (Å²) in [6, 6.07) is 11.1. The molecule has 0 aliphatic carbocycles. The van der Waals surface area contributed by atoms with Crippen LogP contribution in [0, 0.1) is 5.92 Å². The highest BCUT2D eigenvalue weighted by atomic mass is 32.2. The van der Waals surface area contributed by atoms with E-state index in [0.717, 1.165) is 6.42 Å². The molecule has 0 spiro atoms. The van der Waals surface area contributed by atoms with Gasteiger partial charge in [-0.15, -0.1) is 0 Å². The van der Waals surface area contributed by atoms with E-state index in [9.17, 15) is 13.2 Å². The third-order valence-corrected chi connectivity index (χ3v) is 5.42. The molecule has 3 rings (SSSR count). The molecular formula is C20H24N2O5S. The van der Waals surface area contributed by atoms with E-state index < -0.39 is 10.0 Å². The highest BCUT2D eigenvalue weighted by molar-refractivity contribution is 7.92. The van der Waals surface area contributed by atoms with Crippen LogP contribution in [0.4, 0.5) is 11.4 Å². The highest BCUT2D eigenvalue weighted by Gasteiger charge is 2.19. The van der Waals surface area contributed by atoms with Gasteiger partial charge in [0.2, 0.25) is 5.91 Å². The number of carbonyl (C=O) groups excluding carboxylic acids is 1. The summed E-state index contributed by atoms with van der Waals surface area (Å²) < 4.78 is 39.0. The lowest BCUT2D eigenvalue weighted by Crippen LogP contribution is -2.14. The number of benzene rings is 2. The predicted molar refractivity (Wildman–Crippen MR) is 107 cm³/mol. The van der Waals surface area contributed by atoms with Crippen LogP contribution >= 0.6 is 0 Å². The Labute approximate surface area is 165 Å². The Morgan fingerprint density at radius 2 is 1.64 bits per heavy atom. The van der Waals surface area contributed by atoms with Gasteiger partial charge in [0.15, 0.2) is 11.5 Å². The fraction of sp³-hybridized carbons (Fsp3) is 0.350. The molecule has 0 radical (unpaired) electrons. The zero-order valence-electron chi connectivity index (χ0n) is 15.9. The van der Waals surface area contributed by atoms with Gasteiger partial charge in [-0.25, -0.2) is 8.42 Å². The predicted octanol–water partition coefficient (Wildman–Crippen LogP) is 3.63. The fourth-order valence-electron chi connectivity index (χ4n) is 2.73. The molecule has 0 unspecified atom stereocenters. The molecule has 0 bridgehead atoms. The molecule has 1 amide bonds. The van der Waals surface area contributed by atoms with Crippen molar-refractivity contribution in [2.75, 3.05) is 23.3 Å². The molecule has 0 aromatic heterocycles. The first-order chi connectivity index (χ1) is 13.3. The Kier molecular flexibility index (Phi) is 6.08. The first kappa shape index (κ1) is 20.0. The third-order valence-electron chi connectivity index (χ3n) is 4.04. The molecule has 7 nitrogen and oxygen atoms in total. The van der Waals surface area contributed by atoms with Gasteiger partial charge >= 0.3 is 0 Å². The van der Waals surface area contributed by atoms with Gasteiger partial charge in [-0.1, -0.05) is 13.8 Å². The molecule has 150 valence electrons. The maximum Gasteiger partial charge on any atom is 0.262 e. The Hall–Kier alpha value is -2.74. The van der Waals surface area contributed by atoms with Crippen molar-refractivity contribution in [1.29, 1.82) is 0 Å². The second kappa shape index (κ2) is 8.52. The summed E-state index contributed by atoms with van der Waals surface area (Å²) in [6.45, 7) is 4.96. The summed E-state index contributed by atoms with van der Waals surface area (Å²) in [4.78, 5) is 11.9. The first-order valence-corrected chi connectivity index (χ1v) is 10.6. The van der Waals surface area contributed by atoms with Crippen molar-refractivity contribution >= 4 is 27.3 Å². The molecule has 0 saturated carbocycles. The summed E-state index contributed by atoms with van der Waals surface area (Å²) in [5.41, 5.74) is 1.01. The number of hydrogen-bond acceptors (Lipinski definition) is 5. The smallest absolute Gasteiger partial charge is 0.262 e. The summed E-state index contributed by atoms with van der Waals surface area (Å²) in [5, 5.41) is 2.79. The lowest BCUT2D eigenvalue weighted by molar-refractivity contribution is -0.116. The third kappa shape index (κ3) is 5.16. The normalized spacial score (nSPS) is 13.7. The van der Waals surface area contributed by atoms with Crippen LogP contribution in [0.2, 0.25) is 0 Å². The van der Waals surface area contributed by atoms with E-state index in [1.54, 1.807) is 30.3 Å². The Bertz CT molecular complexity index is 940. The summed E-state index contributed by atoms with van der Waals surface area (Å²) in [5.74, 6) is 1.15. The van der Waals surface area contributed by atoms with Crippen molar-refractivity contribution in [3.05, 3.63) is 42.5 Å². The van der Waals surface area contributed by atoms with E-state index in [4.69, 9.17) is 9.47 Å². The van der Waals surface area contributed by atoms with Crippen molar-refractivity contribution in [2.24, 2.45) is 5.92 Å². The van der Waals surface area contributed by atoms with Gasteiger partial charge in [0.25, 0.3) is 10.0 Å². The van der Waals surface area contributed by atoms with Crippen LogP contribution in [0.3, 0.4) is 0 Å². The zero-order chi connectivity index (χ0) is 20.1. The van der Waals surface area contributed by atoms with Crippen LogP contribution in [-0.4, -0.2) is 27.5 Å². The van der Waals surface area contributed by atoms with E-state index in [1.165, 1.54) is 12.1 Å². The van der Waals surface area contributed by atoms with E-state index in [1.807, 2.05) is 13.8 Å². The molecule has 1 aliphatic rings. The molecule has 0 fully saturated rings. The quantitative estimate of drug-likeness (QED) is 0.767. The fourth-order valence-corrected chi connectivity index (χ4v) is 3.80. The summed E-state index contributed by atoms with van der Waals surface area (Å²) in [6.07, 6.45) is 1.17. The van der Waals surface area contributed by atoms with Gasteiger partial charge in [-0.2, -0.15) is 0 Å². The molecule has 0 saturated heterocycles. The molecule has 2 aromatic rings. The van der Waals surface area contributed by atoms with Gasteiger partial charge in [0.1, 0.15) is 0 Å². The number of hydrogen-bond donors (Lipinski definition) is 2. The lowest BCUT2D eigenvalue weighted by atomic mass is 10.1. The van der Waals surface area contributed by atoms with Gasteiger partial charge < -0.3 is 14.8 Å². The number of nitrogens with one attached hydrogen (secondary N) is 2. The second-order valence-corrected chi connectivity index (χ2v) is 8.67. The monoisotopic (exact) mass is 404 g/mol. The Balaban J connectivity index is 1.70. The van der Waals surface area contributed by atoms with Crippen LogP contribution < -0.4 is 19.5 Å². The standard InChI is InChI=1S/C20H24N2O5S/c1-14(2)12-20(23)21-15-4-6-16(7-5-15)22-28(24,25)17-8-9-18-19(13-17)27-11-3-10-26-18/h4-9,13-14,22H,3,10-12H2,1-2H3,(H,21,23). The molecule has 28 heavy (non-hydrogen) atoms. The average molecular weight is 404 g/mol. The minimum atomic E-state index is -3.78. The average Bonchev–Trinajstić information content (AvgIpc) is 2.87. The maximum absolute atomic E-state index is 12.7. The largest absolute Gasteiger partial charge is 0.490 e. The van der Waals surface area contributed by atoms with Crippen molar-refractivity contribution in [3.63, 3.8) is 0 Å². The Morgan fingerprint density at radius 3 is 2.32 bits per heavy atom. The number of ether oxygens (including phenoxy) is 2. The van der Waals surface area contributed by atoms with Crippen LogP contribution in [0.15, 0.2) is 47.4 Å². The van der Waals surface area contributed by atoms with Crippen LogP contribution in [0.5, 0.6) is 11.5 Å². The SMILES string of the molecule is CC(C)CC(=O)Nc1ccc(NS(=O)(=O)c2ccc3c(c2)OCCCO3)cc1. The molecule has 2 N–H and O–H groups in total. The van der Waals surface area contributed by atoms with Crippen LogP contribution in [-0.2, 0) is 14.8 Å². The topological polar surface area (TPSA) is 93.7 Å². The van der Waals surface area contributed by atoms with Gasteiger partial charge in [-0.05, 0) is 42.3 Å². The number of carbonyl (C=O) groups is 1. The molecule has 2 aromatic carbocycles. The van der Waals surface area contributed by atoms with Gasteiger partial charge in [0.05, 0.1) is 18.1 Å². The Morgan fingerprint density at radius 1 is 1.00 bits per heavy atom. The first-order valence-electron chi connectivity index (χ1n) is 9.16. The van der Waals surface area contributed by atoms with E-state index >= 15 is 0 Å². The lowest BCUT2D eigenvalue weighted by Gasteiger charge is -2.12. The number of sulfonamides is 1. The van der Waals surface area contributed by atoms with Crippen LogP contribution in [0.1, 0.15) is 26.7 Å². The number of anilines is 2. The van der Waals surface area contributed by atoms with E-state index in [0.29, 0.717) is 42.5 Å². The van der Waals surface area contributed by atoms with Gasteiger partial charge in [0, 0.05) is 30.3 Å².